The molecule has 3 heterocycles. The number of nitrogens with one attached hydrogen (secondary N) is 2. The maximum atomic E-state index is 11.8. The highest BCUT2D eigenvalue weighted by Gasteiger charge is 2.21. The molecule has 2 aliphatic heterocycles. The summed E-state index contributed by atoms with van der Waals surface area (Å²) in [6.45, 7) is 0.320. The van der Waals surface area contributed by atoms with Gasteiger partial charge in [0, 0.05) is 10.9 Å². The molecule has 2 N–H and O–H groups in total. The van der Waals surface area contributed by atoms with Crippen LogP contribution in [-0.2, 0) is 16.1 Å². The van der Waals surface area contributed by atoms with E-state index in [-0.39, 0.29) is 11.9 Å². The Hall–Kier alpha value is -3.58. The Bertz CT molecular complexity index is 1230. The molecule has 3 aromatic rings. The minimum atomic E-state index is -0.267. The Morgan fingerprint density at radius 2 is 1.82 bits per heavy atom. The van der Waals surface area contributed by atoms with E-state index in [0.29, 0.717) is 28.7 Å². The van der Waals surface area contributed by atoms with Crippen LogP contribution in [-0.4, -0.2) is 22.0 Å². The quantitative estimate of drug-likeness (QED) is 0.400. The molecule has 0 atom stereocenters. The SMILES string of the molecule is O=C1NC(=S)N/C1=C/c1ccc2cc(-c3ccc4c(c3)COC4=O)ccc2n1. The average Bonchev–Trinajstić information content (AvgIpc) is 3.22. The fraction of sp³-hybridized carbons (Fsp3) is 0.0476. The number of aromatic nitrogens is 1. The molecule has 2 aliphatic rings. The maximum absolute atomic E-state index is 11.8. The van der Waals surface area contributed by atoms with Crippen molar-refractivity contribution < 1.29 is 14.3 Å². The number of nitrogens with zero attached hydrogens (tertiary/aromatic N) is 1. The Morgan fingerprint density at radius 1 is 1.00 bits per heavy atom. The third-order valence-corrected chi connectivity index (χ3v) is 4.94. The van der Waals surface area contributed by atoms with E-state index >= 15 is 0 Å². The number of esters is 1. The summed E-state index contributed by atoms with van der Waals surface area (Å²) in [5.41, 5.74) is 5.45. The molecule has 28 heavy (non-hydrogen) atoms. The maximum Gasteiger partial charge on any atom is 0.338 e. The molecule has 0 bridgehead atoms. The number of carbonyl (C=O) groups is 2. The topological polar surface area (TPSA) is 80.3 Å². The zero-order valence-electron chi connectivity index (χ0n) is 14.5. The summed E-state index contributed by atoms with van der Waals surface area (Å²) >= 11 is 4.93. The van der Waals surface area contributed by atoms with E-state index in [9.17, 15) is 9.59 Å². The summed E-state index contributed by atoms with van der Waals surface area (Å²) in [5, 5.41) is 6.61. The first-order valence-corrected chi connectivity index (χ1v) is 9.03. The standard InChI is InChI=1S/C21H13N3O3S/c25-19-18(23-21(28)24-19)9-15-4-1-13-7-12(3-6-17(13)22-15)11-2-5-16-14(8-11)10-27-20(16)26/h1-9H,10H2,(H2,23,24,25,28)/b18-9+. The van der Waals surface area contributed by atoms with Crippen LogP contribution in [0.4, 0.5) is 0 Å². The van der Waals surface area contributed by atoms with Crippen molar-refractivity contribution in [3.05, 3.63) is 71.0 Å². The number of thiocarbonyl (C=S) groups is 1. The average molecular weight is 387 g/mol. The second-order valence-electron chi connectivity index (χ2n) is 6.56. The molecule has 0 aliphatic carbocycles. The van der Waals surface area contributed by atoms with E-state index in [0.717, 1.165) is 27.6 Å². The van der Waals surface area contributed by atoms with Crippen LogP contribution in [0.15, 0.2) is 54.2 Å². The Kier molecular flexibility index (Phi) is 3.70. The lowest BCUT2D eigenvalue weighted by molar-refractivity contribution is -0.115. The van der Waals surface area contributed by atoms with Crippen LogP contribution < -0.4 is 10.6 Å². The van der Waals surface area contributed by atoms with E-state index in [1.807, 2.05) is 48.5 Å². The van der Waals surface area contributed by atoms with Gasteiger partial charge in [0.15, 0.2) is 5.11 Å². The predicted octanol–water partition coefficient (Wildman–Crippen LogP) is 2.92. The Morgan fingerprint density at radius 3 is 2.64 bits per heavy atom. The Labute approximate surface area is 165 Å². The minimum Gasteiger partial charge on any atom is -0.457 e. The number of hydrogen-bond acceptors (Lipinski definition) is 5. The normalized spacial score (nSPS) is 16.9. The number of ether oxygens (including phenoxy) is 1. The highest BCUT2D eigenvalue weighted by molar-refractivity contribution is 7.80. The summed E-state index contributed by atoms with van der Waals surface area (Å²) in [6, 6.07) is 15.5. The smallest absolute Gasteiger partial charge is 0.338 e. The molecule has 5 rings (SSSR count). The number of rotatable bonds is 2. The van der Waals surface area contributed by atoms with Crippen LogP contribution >= 0.6 is 12.2 Å². The van der Waals surface area contributed by atoms with Crippen LogP contribution in [0.5, 0.6) is 0 Å². The van der Waals surface area contributed by atoms with Gasteiger partial charge in [-0.2, -0.15) is 0 Å². The fourth-order valence-corrected chi connectivity index (χ4v) is 3.55. The number of fused-ring (bicyclic) bond motifs is 2. The van der Waals surface area contributed by atoms with Crippen molar-refractivity contribution in [3.8, 4) is 11.1 Å². The van der Waals surface area contributed by atoms with Gasteiger partial charge in [0.25, 0.3) is 5.91 Å². The van der Waals surface area contributed by atoms with Gasteiger partial charge in [-0.05, 0) is 59.8 Å². The highest BCUT2D eigenvalue weighted by atomic mass is 32.1. The van der Waals surface area contributed by atoms with Crippen LogP contribution in [0.25, 0.3) is 28.1 Å². The number of benzene rings is 2. The van der Waals surface area contributed by atoms with Gasteiger partial charge in [0.2, 0.25) is 0 Å². The number of hydrogen-bond donors (Lipinski definition) is 2. The monoisotopic (exact) mass is 387 g/mol. The summed E-state index contributed by atoms with van der Waals surface area (Å²) < 4.78 is 5.07. The minimum absolute atomic E-state index is 0.263. The molecule has 1 saturated heterocycles. The van der Waals surface area contributed by atoms with Crippen molar-refractivity contribution in [1.82, 2.24) is 15.6 Å². The van der Waals surface area contributed by atoms with Gasteiger partial charge in [-0.1, -0.05) is 18.2 Å². The molecule has 0 radical (unpaired) electrons. The number of amides is 1. The zero-order chi connectivity index (χ0) is 19.3. The summed E-state index contributed by atoms with van der Waals surface area (Å²) in [5.74, 6) is -0.529. The molecule has 0 spiro atoms. The lowest BCUT2D eigenvalue weighted by atomic mass is 9.99. The molecule has 1 aromatic heterocycles. The van der Waals surface area contributed by atoms with Gasteiger partial charge < -0.3 is 10.1 Å². The predicted molar refractivity (Wildman–Crippen MR) is 108 cm³/mol. The Balaban J connectivity index is 1.49. The van der Waals surface area contributed by atoms with Crippen LogP contribution in [0.2, 0.25) is 0 Å². The van der Waals surface area contributed by atoms with E-state index in [4.69, 9.17) is 17.0 Å². The lowest BCUT2D eigenvalue weighted by Gasteiger charge is -2.06. The first-order chi connectivity index (χ1) is 13.6. The van der Waals surface area contributed by atoms with Gasteiger partial charge in [-0.15, -0.1) is 0 Å². The van der Waals surface area contributed by atoms with E-state index in [1.54, 1.807) is 6.08 Å². The molecule has 0 unspecified atom stereocenters. The molecule has 2 aromatic carbocycles. The van der Waals surface area contributed by atoms with Gasteiger partial charge >= 0.3 is 5.97 Å². The largest absolute Gasteiger partial charge is 0.457 e. The van der Waals surface area contributed by atoms with Crippen LogP contribution in [0, 0.1) is 0 Å². The third-order valence-electron chi connectivity index (χ3n) is 4.74. The number of pyridine rings is 1. The van der Waals surface area contributed by atoms with E-state index in [2.05, 4.69) is 15.6 Å². The van der Waals surface area contributed by atoms with Crippen molar-refractivity contribution in [2.75, 3.05) is 0 Å². The summed E-state index contributed by atoms with van der Waals surface area (Å²) in [4.78, 5) is 28.0. The van der Waals surface area contributed by atoms with Crippen molar-refractivity contribution in [3.63, 3.8) is 0 Å². The summed E-state index contributed by atoms with van der Waals surface area (Å²) in [7, 11) is 0. The number of carbonyl (C=O) groups excluding carboxylic acids is 2. The van der Waals surface area contributed by atoms with Crippen LogP contribution in [0.3, 0.4) is 0 Å². The van der Waals surface area contributed by atoms with Crippen molar-refractivity contribution in [1.29, 1.82) is 0 Å². The highest BCUT2D eigenvalue weighted by Crippen LogP contribution is 2.29. The second kappa shape index (κ2) is 6.24. The van der Waals surface area contributed by atoms with Gasteiger partial charge in [-0.3, -0.25) is 10.1 Å². The third kappa shape index (κ3) is 2.82. The first kappa shape index (κ1) is 16.6. The first-order valence-electron chi connectivity index (χ1n) is 8.62. The molecule has 0 saturated carbocycles. The molecule has 1 amide bonds. The van der Waals surface area contributed by atoms with Gasteiger partial charge in [0.05, 0.1) is 16.8 Å². The molecule has 1 fully saturated rings. The van der Waals surface area contributed by atoms with Gasteiger partial charge in [-0.25, -0.2) is 9.78 Å². The van der Waals surface area contributed by atoms with Gasteiger partial charge in [0.1, 0.15) is 12.3 Å². The lowest BCUT2D eigenvalue weighted by Crippen LogP contribution is -2.21. The second-order valence-corrected chi connectivity index (χ2v) is 6.97. The van der Waals surface area contributed by atoms with E-state index in [1.165, 1.54) is 0 Å². The van der Waals surface area contributed by atoms with Crippen molar-refractivity contribution >= 4 is 46.2 Å². The molecular formula is C21H13N3O3S. The van der Waals surface area contributed by atoms with E-state index < -0.39 is 0 Å². The molecule has 136 valence electrons. The molecular weight excluding hydrogens is 374 g/mol. The van der Waals surface area contributed by atoms with Crippen molar-refractivity contribution in [2.45, 2.75) is 6.61 Å². The molecule has 6 nitrogen and oxygen atoms in total. The van der Waals surface area contributed by atoms with Crippen LogP contribution in [0.1, 0.15) is 21.6 Å². The summed E-state index contributed by atoms with van der Waals surface area (Å²) in [6.07, 6.45) is 1.67. The number of cyclic esters (lactones) is 1. The molecule has 7 heteroatoms. The fourth-order valence-electron chi connectivity index (χ4n) is 3.34. The van der Waals surface area contributed by atoms with Crippen molar-refractivity contribution in [2.24, 2.45) is 0 Å². The zero-order valence-corrected chi connectivity index (χ0v) is 15.3.